The summed E-state index contributed by atoms with van der Waals surface area (Å²) < 4.78 is 2.05. The van der Waals surface area contributed by atoms with Crippen LogP contribution in [0.5, 0.6) is 0 Å². The van der Waals surface area contributed by atoms with Gasteiger partial charge in [0.05, 0.1) is 28.0 Å². The highest BCUT2D eigenvalue weighted by molar-refractivity contribution is 7.99. The van der Waals surface area contributed by atoms with E-state index in [-0.39, 0.29) is 17.2 Å². The van der Waals surface area contributed by atoms with Gasteiger partial charge in [-0.25, -0.2) is 4.98 Å². The van der Waals surface area contributed by atoms with Gasteiger partial charge in [0.25, 0.3) is 5.91 Å². The zero-order chi connectivity index (χ0) is 21.1. The molecule has 0 atom stereocenters. The Morgan fingerprint density at radius 1 is 1.00 bits per heavy atom. The van der Waals surface area contributed by atoms with Crippen LogP contribution in [0.25, 0.3) is 16.7 Å². The van der Waals surface area contributed by atoms with Gasteiger partial charge in [0.2, 0.25) is 5.91 Å². The second kappa shape index (κ2) is 8.42. The molecule has 0 bridgehead atoms. The molecule has 0 radical (unpaired) electrons. The van der Waals surface area contributed by atoms with Crippen LogP contribution in [0.3, 0.4) is 0 Å². The van der Waals surface area contributed by atoms with Crippen molar-refractivity contribution in [3.8, 4) is 5.69 Å². The first-order valence-electron chi connectivity index (χ1n) is 9.39. The number of carbonyl (C=O) groups is 2. The second-order valence-corrected chi connectivity index (χ2v) is 7.74. The van der Waals surface area contributed by atoms with E-state index >= 15 is 0 Å². The molecular weight excluding hydrogens is 396 g/mol. The highest BCUT2D eigenvalue weighted by Gasteiger charge is 2.15. The molecule has 0 aliphatic heterocycles. The van der Waals surface area contributed by atoms with Crippen molar-refractivity contribution >= 4 is 40.3 Å². The molecule has 30 heavy (non-hydrogen) atoms. The largest absolute Gasteiger partial charge is 0.366 e. The maximum absolute atomic E-state index is 12.5. The number of fused-ring (bicyclic) bond motifs is 1. The number of carbonyl (C=O) groups excluding carboxylic acids is 2. The zero-order valence-electron chi connectivity index (χ0n) is 16.3. The van der Waals surface area contributed by atoms with Crippen LogP contribution in [0.15, 0.2) is 78.0 Å². The molecule has 0 spiro atoms. The first-order valence-corrected chi connectivity index (χ1v) is 10.4. The number of nitrogens with two attached hydrogens (primary N) is 1. The maximum atomic E-state index is 12.5. The van der Waals surface area contributed by atoms with E-state index in [2.05, 4.69) is 5.32 Å². The Morgan fingerprint density at radius 3 is 2.47 bits per heavy atom. The number of nitrogens with zero attached hydrogens (tertiary/aromatic N) is 2. The van der Waals surface area contributed by atoms with Gasteiger partial charge in [-0.3, -0.25) is 14.2 Å². The maximum Gasteiger partial charge on any atom is 0.250 e. The number of hydrogen-bond donors (Lipinski definition) is 2. The minimum atomic E-state index is -0.584. The molecule has 3 N–H and O–H groups in total. The fourth-order valence-electron chi connectivity index (χ4n) is 3.17. The molecule has 2 amide bonds. The number of aromatic nitrogens is 2. The Hall–Kier alpha value is -3.58. The van der Waals surface area contributed by atoms with E-state index in [1.54, 1.807) is 24.3 Å². The normalized spacial score (nSPS) is 10.8. The predicted molar refractivity (Wildman–Crippen MR) is 120 cm³/mol. The Labute approximate surface area is 178 Å². The molecule has 1 heterocycles. The van der Waals surface area contributed by atoms with Crippen molar-refractivity contribution in [1.82, 2.24) is 9.55 Å². The topological polar surface area (TPSA) is 90.0 Å². The van der Waals surface area contributed by atoms with Crippen LogP contribution in [-0.4, -0.2) is 27.1 Å². The Bertz CT molecular complexity index is 1230. The molecule has 3 aromatic carbocycles. The molecular formula is C23H20N4O2S. The molecule has 0 saturated carbocycles. The number of benzene rings is 3. The average Bonchev–Trinajstić information content (AvgIpc) is 3.11. The van der Waals surface area contributed by atoms with E-state index < -0.39 is 5.91 Å². The molecule has 7 heteroatoms. The van der Waals surface area contributed by atoms with Crippen molar-refractivity contribution in [1.29, 1.82) is 0 Å². The summed E-state index contributed by atoms with van der Waals surface area (Å²) in [5.74, 6) is -0.682. The van der Waals surface area contributed by atoms with E-state index in [0.717, 1.165) is 21.9 Å². The van der Waals surface area contributed by atoms with Crippen molar-refractivity contribution in [3.05, 3.63) is 83.9 Å². The fourth-order valence-corrected chi connectivity index (χ4v) is 4.00. The van der Waals surface area contributed by atoms with Gasteiger partial charge < -0.3 is 11.1 Å². The average molecular weight is 417 g/mol. The van der Waals surface area contributed by atoms with Gasteiger partial charge >= 0.3 is 0 Å². The molecule has 0 saturated heterocycles. The van der Waals surface area contributed by atoms with E-state index in [0.29, 0.717) is 5.69 Å². The lowest BCUT2D eigenvalue weighted by Crippen LogP contribution is -2.19. The number of anilines is 1. The van der Waals surface area contributed by atoms with Crippen LogP contribution in [0, 0.1) is 6.92 Å². The lowest BCUT2D eigenvalue weighted by atomic mass is 10.1. The van der Waals surface area contributed by atoms with Gasteiger partial charge in [-0.15, -0.1) is 0 Å². The first-order chi connectivity index (χ1) is 14.5. The number of thioether (sulfide) groups is 1. The summed E-state index contributed by atoms with van der Waals surface area (Å²) in [7, 11) is 0. The SMILES string of the molecule is Cc1ccc(-n2c(SCC(=O)Nc3ccccc3C(N)=O)nc3ccccc32)cc1. The van der Waals surface area contributed by atoms with Gasteiger partial charge in [-0.1, -0.05) is 53.7 Å². The summed E-state index contributed by atoms with van der Waals surface area (Å²) in [5, 5.41) is 3.49. The molecule has 4 rings (SSSR count). The number of aryl methyl sites for hydroxylation is 1. The van der Waals surface area contributed by atoms with Crippen molar-refractivity contribution in [3.63, 3.8) is 0 Å². The number of para-hydroxylation sites is 3. The van der Waals surface area contributed by atoms with Crippen molar-refractivity contribution in [2.75, 3.05) is 11.1 Å². The van der Waals surface area contributed by atoms with E-state index in [9.17, 15) is 9.59 Å². The van der Waals surface area contributed by atoms with Crippen LogP contribution in [0.1, 0.15) is 15.9 Å². The summed E-state index contributed by atoms with van der Waals surface area (Å²) in [6.07, 6.45) is 0. The van der Waals surface area contributed by atoms with Crippen molar-refractivity contribution in [2.45, 2.75) is 12.1 Å². The van der Waals surface area contributed by atoms with Crippen molar-refractivity contribution in [2.24, 2.45) is 5.73 Å². The molecule has 4 aromatic rings. The summed E-state index contributed by atoms with van der Waals surface area (Å²) in [4.78, 5) is 28.8. The van der Waals surface area contributed by atoms with E-state index in [1.165, 1.54) is 17.3 Å². The van der Waals surface area contributed by atoms with Gasteiger partial charge in [-0.05, 0) is 43.3 Å². The highest BCUT2D eigenvalue weighted by atomic mass is 32.2. The first kappa shape index (κ1) is 19.7. The third-order valence-electron chi connectivity index (χ3n) is 4.62. The Balaban J connectivity index is 1.59. The Kier molecular flexibility index (Phi) is 5.54. The zero-order valence-corrected chi connectivity index (χ0v) is 17.1. The van der Waals surface area contributed by atoms with Crippen LogP contribution in [0.4, 0.5) is 5.69 Å². The number of rotatable bonds is 6. The molecule has 0 aliphatic rings. The minimum Gasteiger partial charge on any atom is -0.366 e. The van der Waals surface area contributed by atoms with Crippen LogP contribution >= 0.6 is 11.8 Å². The molecule has 1 aromatic heterocycles. The van der Waals surface area contributed by atoms with Gasteiger partial charge in [-0.2, -0.15) is 0 Å². The third kappa shape index (κ3) is 4.06. The summed E-state index contributed by atoms with van der Waals surface area (Å²) >= 11 is 1.34. The number of nitrogens with one attached hydrogen (secondary N) is 1. The lowest BCUT2D eigenvalue weighted by molar-refractivity contribution is -0.113. The quantitative estimate of drug-likeness (QED) is 0.462. The minimum absolute atomic E-state index is 0.141. The van der Waals surface area contributed by atoms with Crippen LogP contribution < -0.4 is 11.1 Å². The number of hydrogen-bond acceptors (Lipinski definition) is 4. The van der Waals surface area contributed by atoms with Gasteiger partial charge in [0.15, 0.2) is 5.16 Å². The fraction of sp³-hybridized carbons (Fsp3) is 0.0870. The predicted octanol–water partition coefficient (Wildman–Crippen LogP) is 4.16. The second-order valence-electron chi connectivity index (χ2n) is 6.80. The Morgan fingerprint density at radius 2 is 1.70 bits per heavy atom. The van der Waals surface area contributed by atoms with E-state index in [4.69, 9.17) is 10.7 Å². The molecule has 6 nitrogen and oxygen atoms in total. The van der Waals surface area contributed by atoms with Crippen LogP contribution in [0.2, 0.25) is 0 Å². The van der Waals surface area contributed by atoms with Gasteiger partial charge in [0.1, 0.15) is 0 Å². The summed E-state index contributed by atoms with van der Waals surface area (Å²) in [5.41, 5.74) is 10.1. The van der Waals surface area contributed by atoms with Crippen LogP contribution in [-0.2, 0) is 4.79 Å². The summed E-state index contributed by atoms with van der Waals surface area (Å²) in [6, 6.07) is 22.7. The molecule has 0 unspecified atom stereocenters. The number of primary amides is 1. The molecule has 0 aliphatic carbocycles. The standard InChI is InChI=1S/C23H20N4O2S/c1-15-10-12-16(13-11-15)27-20-9-5-4-8-19(20)26-23(27)30-14-21(28)25-18-7-3-2-6-17(18)22(24)29/h2-13H,14H2,1H3,(H2,24,29)(H,25,28). The number of imidazole rings is 1. The highest BCUT2D eigenvalue weighted by Crippen LogP contribution is 2.28. The molecule has 0 fully saturated rings. The monoisotopic (exact) mass is 416 g/mol. The van der Waals surface area contributed by atoms with E-state index in [1.807, 2.05) is 60.0 Å². The lowest BCUT2D eigenvalue weighted by Gasteiger charge is -2.10. The number of amides is 2. The van der Waals surface area contributed by atoms with Crippen molar-refractivity contribution < 1.29 is 9.59 Å². The van der Waals surface area contributed by atoms with Gasteiger partial charge in [0, 0.05) is 5.69 Å². The summed E-state index contributed by atoms with van der Waals surface area (Å²) in [6.45, 7) is 2.04. The molecule has 150 valence electrons. The third-order valence-corrected chi connectivity index (χ3v) is 5.56. The smallest absolute Gasteiger partial charge is 0.250 e.